The summed E-state index contributed by atoms with van der Waals surface area (Å²) in [5, 5.41) is 3.55. The zero-order valence-electron chi connectivity index (χ0n) is 18.8. The van der Waals surface area contributed by atoms with E-state index in [-0.39, 0.29) is 11.8 Å². The first-order chi connectivity index (χ1) is 15.7. The van der Waals surface area contributed by atoms with Gasteiger partial charge in [0, 0.05) is 29.9 Å². The number of rotatable bonds is 2. The number of anilines is 4. The third-order valence-electron chi connectivity index (χ3n) is 7.80. The van der Waals surface area contributed by atoms with Crippen LogP contribution in [0.25, 0.3) is 0 Å². The summed E-state index contributed by atoms with van der Waals surface area (Å²) in [5.41, 5.74) is 5.50. The van der Waals surface area contributed by atoms with Crippen LogP contribution in [0.4, 0.5) is 22.9 Å². The second-order valence-corrected chi connectivity index (χ2v) is 9.89. The van der Waals surface area contributed by atoms with Crippen LogP contribution in [0.3, 0.4) is 0 Å². The lowest BCUT2D eigenvalue weighted by molar-refractivity contribution is -0.123. The number of carbonyl (C=O) groups excluding carboxylic acids is 1. The van der Waals surface area contributed by atoms with Gasteiger partial charge in [0.2, 0.25) is 5.91 Å². The first-order valence-corrected chi connectivity index (χ1v) is 12.2. The lowest BCUT2D eigenvalue weighted by atomic mass is 9.88. The molecule has 6 heteroatoms. The van der Waals surface area contributed by atoms with Crippen molar-refractivity contribution in [1.29, 1.82) is 0 Å². The van der Waals surface area contributed by atoms with Gasteiger partial charge in [-0.2, -0.15) is 0 Å². The average Bonchev–Trinajstić information content (AvgIpc) is 3.00. The number of piperidine rings is 1. The molecule has 2 atom stereocenters. The molecule has 2 bridgehead atoms. The maximum atomic E-state index is 13.8. The minimum absolute atomic E-state index is 0.124. The molecule has 1 aliphatic carbocycles. The largest absolute Gasteiger partial charge is 0.374 e. The maximum absolute atomic E-state index is 13.8. The number of fused-ring (bicyclic) bond motifs is 5. The summed E-state index contributed by atoms with van der Waals surface area (Å²) in [6.07, 6.45) is 10.0. The highest BCUT2D eigenvalue weighted by Gasteiger charge is 2.37. The van der Waals surface area contributed by atoms with Gasteiger partial charge >= 0.3 is 0 Å². The van der Waals surface area contributed by atoms with Crippen molar-refractivity contribution in [3.63, 3.8) is 0 Å². The number of hydrogen-bond donors (Lipinski definition) is 1. The Labute approximate surface area is 190 Å². The lowest BCUT2D eigenvalue weighted by Crippen LogP contribution is -2.54. The van der Waals surface area contributed by atoms with Crippen molar-refractivity contribution in [2.75, 3.05) is 28.3 Å². The average molecular weight is 433 g/mol. The second-order valence-electron chi connectivity index (χ2n) is 9.89. The maximum Gasteiger partial charge on any atom is 0.230 e. The molecule has 1 amide bonds. The van der Waals surface area contributed by atoms with Crippen LogP contribution < -0.4 is 15.1 Å². The van der Waals surface area contributed by atoms with E-state index in [1.807, 2.05) is 17.2 Å². The molecule has 6 nitrogen and oxygen atoms in total. The van der Waals surface area contributed by atoms with Gasteiger partial charge in [-0.3, -0.25) is 4.79 Å². The monoisotopic (exact) mass is 432 g/mol. The molecule has 7 rings (SSSR count). The zero-order valence-corrected chi connectivity index (χ0v) is 18.8. The highest BCUT2D eigenvalue weighted by Crippen LogP contribution is 2.43. The summed E-state index contributed by atoms with van der Waals surface area (Å²) >= 11 is 0. The van der Waals surface area contributed by atoms with E-state index in [1.165, 1.54) is 24.1 Å². The van der Waals surface area contributed by atoms with Crippen molar-refractivity contribution < 1.29 is 9.53 Å². The van der Waals surface area contributed by atoms with Gasteiger partial charge in [0.15, 0.2) is 0 Å². The van der Waals surface area contributed by atoms with Gasteiger partial charge in [-0.15, -0.1) is 0 Å². The first-order valence-electron chi connectivity index (χ1n) is 12.2. The Morgan fingerprint density at radius 2 is 2.00 bits per heavy atom. The van der Waals surface area contributed by atoms with Crippen LogP contribution in [0.2, 0.25) is 0 Å². The predicted molar refractivity (Wildman–Crippen MR) is 127 cm³/mol. The molecule has 2 aromatic rings. The number of benzene rings is 1. The second kappa shape index (κ2) is 8.07. The van der Waals surface area contributed by atoms with Crippen LogP contribution in [0, 0.1) is 12.8 Å². The summed E-state index contributed by atoms with van der Waals surface area (Å²) in [6.45, 7) is 4.49. The van der Waals surface area contributed by atoms with E-state index in [4.69, 9.17) is 4.74 Å². The number of aryl methyl sites for hydroxylation is 1. The fraction of sp³-hybridized carbons (Fsp3) is 0.538. The van der Waals surface area contributed by atoms with Crippen molar-refractivity contribution in [2.24, 2.45) is 5.92 Å². The number of nitrogens with one attached hydrogen (secondary N) is 1. The fourth-order valence-electron chi connectivity index (χ4n) is 5.99. The Morgan fingerprint density at radius 1 is 1.12 bits per heavy atom. The van der Waals surface area contributed by atoms with E-state index in [9.17, 15) is 4.79 Å². The minimum Gasteiger partial charge on any atom is -0.374 e. The molecule has 1 N–H and O–H groups in total. The number of nitrogens with zero attached hydrogens (tertiary/aromatic N) is 3. The van der Waals surface area contributed by atoms with E-state index in [0.717, 1.165) is 68.0 Å². The summed E-state index contributed by atoms with van der Waals surface area (Å²) < 4.78 is 5.96. The molecule has 3 saturated heterocycles. The predicted octanol–water partition coefficient (Wildman–Crippen LogP) is 4.93. The Hall–Kier alpha value is -2.60. The minimum atomic E-state index is 0.124. The topological polar surface area (TPSA) is 57.7 Å². The molecule has 1 saturated carbocycles. The van der Waals surface area contributed by atoms with E-state index in [2.05, 4.69) is 40.3 Å². The summed E-state index contributed by atoms with van der Waals surface area (Å²) in [4.78, 5) is 23.0. The number of amides is 1. The summed E-state index contributed by atoms with van der Waals surface area (Å²) in [6, 6.07) is 8.93. The van der Waals surface area contributed by atoms with Gasteiger partial charge < -0.3 is 19.9 Å². The lowest BCUT2D eigenvalue weighted by Gasteiger charge is -2.47. The van der Waals surface area contributed by atoms with Crippen molar-refractivity contribution in [3.05, 3.63) is 41.6 Å². The van der Waals surface area contributed by atoms with Crippen LogP contribution in [-0.2, 0) is 16.1 Å². The van der Waals surface area contributed by atoms with Gasteiger partial charge in [-0.1, -0.05) is 25.3 Å². The summed E-state index contributed by atoms with van der Waals surface area (Å²) in [5.74, 6) is 1.24. The molecule has 1 aromatic heterocycles. The third-order valence-corrected chi connectivity index (χ3v) is 7.80. The molecule has 32 heavy (non-hydrogen) atoms. The molecule has 168 valence electrons. The number of morpholine rings is 1. The quantitative estimate of drug-likeness (QED) is 0.729. The van der Waals surface area contributed by atoms with Gasteiger partial charge in [0.25, 0.3) is 0 Å². The Kier molecular flexibility index (Phi) is 5.05. The van der Waals surface area contributed by atoms with E-state index >= 15 is 0 Å². The van der Waals surface area contributed by atoms with Gasteiger partial charge in [0.1, 0.15) is 5.82 Å². The fourth-order valence-corrected chi connectivity index (χ4v) is 5.99. The van der Waals surface area contributed by atoms with Gasteiger partial charge in [0.05, 0.1) is 36.7 Å². The van der Waals surface area contributed by atoms with Gasteiger partial charge in [-0.05, 0) is 56.4 Å². The molecule has 5 aliphatic rings. The molecule has 5 heterocycles. The highest BCUT2D eigenvalue weighted by atomic mass is 16.5. The number of aromatic nitrogens is 1. The Morgan fingerprint density at radius 3 is 2.75 bits per heavy atom. The number of hydrogen-bond acceptors (Lipinski definition) is 5. The van der Waals surface area contributed by atoms with Crippen molar-refractivity contribution in [3.8, 4) is 0 Å². The number of pyridine rings is 1. The van der Waals surface area contributed by atoms with Crippen LogP contribution in [0.5, 0.6) is 0 Å². The molecular formula is C26H32N4O2. The van der Waals surface area contributed by atoms with Crippen molar-refractivity contribution in [2.45, 2.75) is 70.6 Å². The summed E-state index contributed by atoms with van der Waals surface area (Å²) in [7, 11) is 0. The molecule has 0 spiro atoms. The third kappa shape index (κ3) is 3.45. The molecule has 1 aromatic carbocycles. The molecular weight excluding hydrogens is 400 g/mol. The van der Waals surface area contributed by atoms with Crippen molar-refractivity contribution >= 4 is 28.8 Å². The number of carbonyl (C=O) groups is 1. The van der Waals surface area contributed by atoms with E-state index < -0.39 is 0 Å². The standard InChI is InChI=1S/C26H32N4O2/c1-17-12-22-24(13-23(17)29-15-21-10-9-20(29)16-32-21)30(26(31)18-6-3-2-4-7-18)14-19-8-5-11-27-25(19)28-22/h5,8,11-13,18,20-21H,2-4,6-7,9-10,14-16H2,1H3,(H,27,28)/t20-,21+/m0/s1. The SMILES string of the molecule is Cc1cc2c(cc1N1C[C@H]3CC[C@H]1CO3)N(C(=O)C1CCCCC1)Cc1cccnc1N2. The molecule has 4 aliphatic heterocycles. The van der Waals surface area contributed by atoms with E-state index in [0.29, 0.717) is 18.7 Å². The van der Waals surface area contributed by atoms with Crippen molar-refractivity contribution in [1.82, 2.24) is 4.98 Å². The van der Waals surface area contributed by atoms with Crippen LogP contribution in [-0.4, -0.2) is 36.2 Å². The highest BCUT2D eigenvalue weighted by molar-refractivity contribution is 6.00. The zero-order chi connectivity index (χ0) is 21.7. The number of ether oxygens (including phenoxy) is 1. The van der Waals surface area contributed by atoms with Crippen LogP contribution in [0.1, 0.15) is 56.1 Å². The normalized spacial score (nSPS) is 25.0. The first kappa shape index (κ1) is 20.0. The van der Waals surface area contributed by atoms with Crippen LogP contribution in [0.15, 0.2) is 30.5 Å². The Balaban J connectivity index is 1.43. The van der Waals surface area contributed by atoms with E-state index in [1.54, 1.807) is 0 Å². The molecule has 0 radical (unpaired) electrons. The smallest absolute Gasteiger partial charge is 0.230 e. The Bertz CT molecular complexity index is 1020. The van der Waals surface area contributed by atoms with Crippen LogP contribution >= 0.6 is 0 Å². The van der Waals surface area contributed by atoms with Gasteiger partial charge in [-0.25, -0.2) is 4.98 Å². The molecule has 4 fully saturated rings. The molecule has 0 unspecified atom stereocenters.